The standard InChI is InChI=1S/C14H15Cl2N3/c1-18-14(7-10-8-19-5-4-13(10)17)9-2-3-11(15)12(16)6-9/h2-6,8,14,18H,7H2,1H3,(H2,17,19). The van der Waals surface area contributed by atoms with Crippen LogP contribution in [-0.2, 0) is 6.42 Å². The van der Waals surface area contributed by atoms with Gasteiger partial charge in [0.1, 0.15) is 0 Å². The molecular formula is C14H15Cl2N3. The number of hydrogen-bond donors (Lipinski definition) is 2. The molecular weight excluding hydrogens is 281 g/mol. The van der Waals surface area contributed by atoms with Gasteiger partial charge in [-0.25, -0.2) is 0 Å². The normalized spacial score (nSPS) is 12.4. The minimum Gasteiger partial charge on any atom is -0.398 e. The first-order valence-electron chi connectivity index (χ1n) is 5.92. The first-order valence-corrected chi connectivity index (χ1v) is 6.68. The zero-order chi connectivity index (χ0) is 13.8. The number of nitrogens with zero attached hydrogens (tertiary/aromatic N) is 1. The van der Waals surface area contributed by atoms with Gasteiger partial charge >= 0.3 is 0 Å². The molecule has 1 unspecified atom stereocenters. The lowest BCUT2D eigenvalue weighted by atomic mass is 9.99. The Morgan fingerprint density at radius 1 is 1.26 bits per heavy atom. The van der Waals surface area contributed by atoms with Gasteiger partial charge in [0.25, 0.3) is 0 Å². The van der Waals surface area contributed by atoms with E-state index in [2.05, 4.69) is 10.3 Å². The van der Waals surface area contributed by atoms with Crippen molar-refractivity contribution in [2.75, 3.05) is 12.8 Å². The molecule has 0 spiro atoms. The molecule has 1 atom stereocenters. The maximum absolute atomic E-state index is 6.05. The molecule has 3 N–H and O–H groups in total. The molecule has 0 saturated carbocycles. The third-order valence-electron chi connectivity index (χ3n) is 3.06. The van der Waals surface area contributed by atoms with Gasteiger partial charge in [0.2, 0.25) is 0 Å². The zero-order valence-corrected chi connectivity index (χ0v) is 12.0. The number of pyridine rings is 1. The van der Waals surface area contributed by atoms with Crippen molar-refractivity contribution in [3.05, 3.63) is 57.8 Å². The number of nitrogens with two attached hydrogens (primary N) is 1. The number of anilines is 1. The Bertz CT molecular complexity index is 572. The number of halogens is 2. The van der Waals surface area contributed by atoms with Gasteiger partial charge < -0.3 is 11.1 Å². The van der Waals surface area contributed by atoms with E-state index in [9.17, 15) is 0 Å². The van der Waals surface area contributed by atoms with Crippen LogP contribution in [0, 0.1) is 0 Å². The van der Waals surface area contributed by atoms with Crippen molar-refractivity contribution < 1.29 is 0 Å². The second-order valence-electron chi connectivity index (χ2n) is 4.29. The van der Waals surface area contributed by atoms with E-state index in [1.54, 1.807) is 24.5 Å². The van der Waals surface area contributed by atoms with Crippen LogP contribution in [0.25, 0.3) is 0 Å². The van der Waals surface area contributed by atoms with E-state index >= 15 is 0 Å². The number of nitrogens with one attached hydrogen (secondary N) is 1. The molecule has 100 valence electrons. The molecule has 0 aliphatic carbocycles. The molecule has 0 bridgehead atoms. The molecule has 3 nitrogen and oxygen atoms in total. The highest BCUT2D eigenvalue weighted by Crippen LogP contribution is 2.27. The zero-order valence-electron chi connectivity index (χ0n) is 10.5. The summed E-state index contributed by atoms with van der Waals surface area (Å²) in [5, 5.41) is 4.37. The summed E-state index contributed by atoms with van der Waals surface area (Å²) in [6.07, 6.45) is 4.22. The molecule has 5 heteroatoms. The van der Waals surface area contributed by atoms with Crippen LogP contribution in [0.3, 0.4) is 0 Å². The van der Waals surface area contributed by atoms with Crippen LogP contribution in [0.5, 0.6) is 0 Å². The van der Waals surface area contributed by atoms with Gasteiger partial charge in [-0.2, -0.15) is 0 Å². The lowest BCUT2D eigenvalue weighted by Crippen LogP contribution is -2.19. The van der Waals surface area contributed by atoms with Gasteiger partial charge in [-0.1, -0.05) is 29.3 Å². The van der Waals surface area contributed by atoms with Gasteiger partial charge in [-0.15, -0.1) is 0 Å². The van der Waals surface area contributed by atoms with E-state index in [-0.39, 0.29) is 6.04 Å². The molecule has 0 aliphatic rings. The summed E-state index contributed by atoms with van der Waals surface area (Å²) in [6.45, 7) is 0. The number of aromatic nitrogens is 1. The van der Waals surface area contributed by atoms with Crippen molar-refractivity contribution in [2.45, 2.75) is 12.5 Å². The second kappa shape index (κ2) is 6.24. The highest BCUT2D eigenvalue weighted by molar-refractivity contribution is 6.42. The lowest BCUT2D eigenvalue weighted by molar-refractivity contribution is 0.592. The fourth-order valence-corrected chi connectivity index (χ4v) is 2.25. The molecule has 2 aromatic rings. The van der Waals surface area contributed by atoms with Crippen molar-refractivity contribution in [3.63, 3.8) is 0 Å². The smallest absolute Gasteiger partial charge is 0.0595 e. The van der Waals surface area contributed by atoms with E-state index in [1.807, 2.05) is 19.2 Å². The third kappa shape index (κ3) is 3.38. The van der Waals surface area contributed by atoms with Crippen molar-refractivity contribution in [1.82, 2.24) is 10.3 Å². The van der Waals surface area contributed by atoms with E-state index in [4.69, 9.17) is 28.9 Å². The summed E-state index contributed by atoms with van der Waals surface area (Å²) in [4.78, 5) is 4.10. The molecule has 0 aliphatic heterocycles. The van der Waals surface area contributed by atoms with Gasteiger partial charge in [0.05, 0.1) is 10.0 Å². The van der Waals surface area contributed by atoms with Crippen LogP contribution < -0.4 is 11.1 Å². The minimum absolute atomic E-state index is 0.112. The highest BCUT2D eigenvalue weighted by atomic mass is 35.5. The maximum atomic E-state index is 6.05. The van der Waals surface area contributed by atoms with Crippen molar-refractivity contribution >= 4 is 28.9 Å². The van der Waals surface area contributed by atoms with E-state index in [0.717, 1.165) is 23.2 Å². The number of hydrogen-bond acceptors (Lipinski definition) is 3. The molecule has 1 aromatic carbocycles. The predicted molar refractivity (Wildman–Crippen MR) is 80.6 cm³/mol. The maximum Gasteiger partial charge on any atom is 0.0595 e. The Kier molecular flexibility index (Phi) is 4.64. The molecule has 0 radical (unpaired) electrons. The van der Waals surface area contributed by atoms with E-state index in [0.29, 0.717) is 10.0 Å². The fraction of sp³-hybridized carbons (Fsp3) is 0.214. The Morgan fingerprint density at radius 3 is 2.68 bits per heavy atom. The quantitative estimate of drug-likeness (QED) is 0.908. The first-order chi connectivity index (χ1) is 9.11. The average molecular weight is 296 g/mol. The topological polar surface area (TPSA) is 50.9 Å². The molecule has 0 amide bonds. The summed E-state index contributed by atoms with van der Waals surface area (Å²) >= 11 is 12.0. The Labute approximate surface area is 122 Å². The number of rotatable bonds is 4. The van der Waals surface area contributed by atoms with Crippen molar-refractivity contribution in [1.29, 1.82) is 0 Å². The Morgan fingerprint density at radius 2 is 2.05 bits per heavy atom. The first kappa shape index (κ1) is 14.1. The molecule has 1 aromatic heterocycles. The largest absolute Gasteiger partial charge is 0.398 e. The molecule has 1 heterocycles. The molecule has 19 heavy (non-hydrogen) atoms. The molecule has 0 saturated heterocycles. The Hall–Kier alpha value is -1.29. The van der Waals surface area contributed by atoms with Crippen LogP contribution in [0.2, 0.25) is 10.0 Å². The monoisotopic (exact) mass is 295 g/mol. The van der Waals surface area contributed by atoms with Crippen LogP contribution >= 0.6 is 23.2 Å². The van der Waals surface area contributed by atoms with E-state index in [1.165, 1.54) is 0 Å². The van der Waals surface area contributed by atoms with Crippen LogP contribution in [0.1, 0.15) is 17.2 Å². The molecule has 2 rings (SSSR count). The van der Waals surface area contributed by atoms with Gasteiger partial charge in [0, 0.05) is 24.1 Å². The van der Waals surface area contributed by atoms with Crippen LogP contribution in [0.15, 0.2) is 36.7 Å². The highest BCUT2D eigenvalue weighted by Gasteiger charge is 2.13. The summed E-state index contributed by atoms with van der Waals surface area (Å²) in [5.74, 6) is 0. The summed E-state index contributed by atoms with van der Waals surface area (Å²) in [7, 11) is 1.90. The summed E-state index contributed by atoms with van der Waals surface area (Å²) < 4.78 is 0. The third-order valence-corrected chi connectivity index (χ3v) is 3.80. The summed E-state index contributed by atoms with van der Waals surface area (Å²) in [5.41, 5.74) is 8.76. The van der Waals surface area contributed by atoms with Gasteiger partial charge in [-0.3, -0.25) is 4.98 Å². The van der Waals surface area contributed by atoms with Crippen molar-refractivity contribution in [2.24, 2.45) is 0 Å². The van der Waals surface area contributed by atoms with Gasteiger partial charge in [0.15, 0.2) is 0 Å². The SMILES string of the molecule is CNC(Cc1cnccc1N)c1ccc(Cl)c(Cl)c1. The number of likely N-dealkylation sites (N-methyl/N-ethyl adjacent to an activating group) is 1. The lowest BCUT2D eigenvalue weighted by Gasteiger charge is -2.18. The second-order valence-corrected chi connectivity index (χ2v) is 5.11. The predicted octanol–water partition coefficient (Wildman–Crippen LogP) is 3.47. The Balaban J connectivity index is 2.25. The number of nitrogen functional groups attached to an aromatic ring is 1. The summed E-state index contributed by atoms with van der Waals surface area (Å²) in [6, 6.07) is 7.55. The molecule has 0 fully saturated rings. The van der Waals surface area contributed by atoms with Crippen LogP contribution in [0.4, 0.5) is 5.69 Å². The van der Waals surface area contributed by atoms with Crippen molar-refractivity contribution in [3.8, 4) is 0 Å². The average Bonchev–Trinajstić information content (AvgIpc) is 2.41. The van der Waals surface area contributed by atoms with Gasteiger partial charge in [-0.05, 0) is 42.8 Å². The number of benzene rings is 1. The fourth-order valence-electron chi connectivity index (χ4n) is 1.94. The van der Waals surface area contributed by atoms with E-state index < -0.39 is 0 Å². The van der Waals surface area contributed by atoms with Crippen LogP contribution in [-0.4, -0.2) is 12.0 Å². The minimum atomic E-state index is 0.112.